The van der Waals surface area contributed by atoms with Gasteiger partial charge in [-0.15, -0.1) is 0 Å². The molecule has 3 amide bonds. The van der Waals surface area contributed by atoms with E-state index in [0.717, 1.165) is 23.1 Å². The maximum absolute atomic E-state index is 14.2. The average Bonchev–Trinajstić information content (AvgIpc) is 2.92. The largest absolute Gasteiger partial charge is 0.491 e. The molecule has 0 aromatic heterocycles. The molecule has 0 spiro atoms. The second-order valence-corrected chi connectivity index (χ2v) is 7.14. The molecule has 30 heavy (non-hydrogen) atoms. The maximum Gasteiger partial charge on any atom is 0.325 e. The zero-order chi connectivity index (χ0) is 22.1. The molecule has 1 fully saturated rings. The Morgan fingerprint density at radius 3 is 2.50 bits per heavy atom. The Morgan fingerprint density at radius 1 is 1.20 bits per heavy atom. The number of urea groups is 1. The highest BCUT2D eigenvalue weighted by molar-refractivity contribution is 6.07. The number of imide groups is 1. The van der Waals surface area contributed by atoms with Gasteiger partial charge in [0.1, 0.15) is 35.6 Å². The molecule has 1 heterocycles. The van der Waals surface area contributed by atoms with Crippen LogP contribution >= 0.6 is 0 Å². The van der Waals surface area contributed by atoms with E-state index in [9.17, 15) is 28.3 Å². The maximum atomic E-state index is 14.2. The third kappa shape index (κ3) is 4.16. The highest BCUT2D eigenvalue weighted by Gasteiger charge is 2.50. The minimum Gasteiger partial charge on any atom is -0.491 e. The Kier molecular flexibility index (Phi) is 5.84. The number of nitrogens with one attached hydrogen (secondary N) is 1. The highest BCUT2D eigenvalue weighted by Crippen LogP contribution is 2.31. The van der Waals surface area contributed by atoms with E-state index in [-0.39, 0.29) is 18.0 Å². The molecule has 1 aliphatic rings. The molecule has 0 radical (unpaired) electrons. The quantitative estimate of drug-likeness (QED) is 0.532. The monoisotopic (exact) mass is 418 g/mol. The summed E-state index contributed by atoms with van der Waals surface area (Å²) in [5.74, 6) is -2.12. The standard InChI is InChI=1S/C21H20F2N2O5/c1-12(26)13-3-6-16(7-4-13)30-11-15(27)10-25-19(28)21(2,24-20(25)29)17-9-14(22)5-8-18(17)23/h3-9,15,27H,10-11H2,1-2H3,(H,24,29)/t15-,21-/m0/s1. The van der Waals surface area contributed by atoms with Gasteiger partial charge in [0.25, 0.3) is 5.91 Å². The first-order valence-corrected chi connectivity index (χ1v) is 9.13. The smallest absolute Gasteiger partial charge is 0.325 e. The van der Waals surface area contributed by atoms with Crippen molar-refractivity contribution in [3.8, 4) is 5.75 Å². The Labute approximate surface area is 171 Å². The first-order valence-electron chi connectivity index (χ1n) is 9.13. The molecule has 2 N–H and O–H groups in total. The van der Waals surface area contributed by atoms with Crippen LogP contribution in [0.1, 0.15) is 29.8 Å². The third-order valence-corrected chi connectivity index (χ3v) is 4.84. The van der Waals surface area contributed by atoms with E-state index in [1.807, 2.05) is 0 Å². The van der Waals surface area contributed by atoms with E-state index >= 15 is 0 Å². The van der Waals surface area contributed by atoms with E-state index in [1.165, 1.54) is 13.8 Å². The van der Waals surface area contributed by atoms with E-state index in [4.69, 9.17) is 4.74 Å². The number of nitrogens with zero attached hydrogens (tertiary/aromatic N) is 1. The van der Waals surface area contributed by atoms with Crippen LogP contribution in [-0.2, 0) is 10.3 Å². The lowest BCUT2D eigenvalue weighted by Crippen LogP contribution is -2.43. The molecule has 3 rings (SSSR count). The summed E-state index contributed by atoms with van der Waals surface area (Å²) in [5.41, 5.74) is -1.60. The molecule has 1 aliphatic heterocycles. The first kappa shape index (κ1) is 21.4. The number of β-amino-alcohol motifs (C(OH)–C–C–N with tert-alkyl or cyclic N) is 1. The summed E-state index contributed by atoms with van der Waals surface area (Å²) in [6.45, 7) is 2.07. The van der Waals surface area contributed by atoms with Gasteiger partial charge in [0, 0.05) is 11.1 Å². The van der Waals surface area contributed by atoms with Crippen molar-refractivity contribution in [2.75, 3.05) is 13.2 Å². The van der Waals surface area contributed by atoms with Gasteiger partial charge in [-0.25, -0.2) is 13.6 Å². The molecular weight excluding hydrogens is 398 g/mol. The van der Waals surface area contributed by atoms with E-state index < -0.39 is 41.8 Å². The Balaban J connectivity index is 1.66. The molecule has 0 saturated carbocycles. The van der Waals surface area contributed by atoms with Gasteiger partial charge < -0.3 is 15.2 Å². The zero-order valence-electron chi connectivity index (χ0n) is 16.3. The van der Waals surface area contributed by atoms with Crippen molar-refractivity contribution < 1.29 is 33.0 Å². The van der Waals surface area contributed by atoms with Crippen molar-refractivity contribution in [1.29, 1.82) is 0 Å². The summed E-state index contributed by atoms with van der Waals surface area (Å²) in [6.07, 6.45) is -1.23. The number of rotatable bonds is 7. The van der Waals surface area contributed by atoms with Crippen molar-refractivity contribution in [3.63, 3.8) is 0 Å². The number of carbonyl (C=O) groups is 3. The second-order valence-electron chi connectivity index (χ2n) is 7.14. The van der Waals surface area contributed by atoms with Crippen LogP contribution in [0.15, 0.2) is 42.5 Å². The van der Waals surface area contributed by atoms with E-state index in [0.29, 0.717) is 11.3 Å². The SMILES string of the molecule is CC(=O)c1ccc(OC[C@@H](O)CN2C(=O)N[C@@](C)(c3cc(F)ccc3F)C2=O)cc1. The van der Waals surface area contributed by atoms with Gasteiger partial charge in [-0.2, -0.15) is 0 Å². The number of aliphatic hydroxyl groups is 1. The van der Waals surface area contributed by atoms with Crippen LogP contribution in [0.4, 0.5) is 13.6 Å². The molecular formula is C21H20F2N2O5. The van der Waals surface area contributed by atoms with Crippen molar-refractivity contribution in [3.05, 3.63) is 65.2 Å². The van der Waals surface area contributed by atoms with Crippen molar-refractivity contribution in [2.45, 2.75) is 25.5 Å². The Hall–Kier alpha value is -3.33. The Morgan fingerprint density at radius 2 is 1.87 bits per heavy atom. The van der Waals surface area contributed by atoms with Crippen LogP contribution in [-0.4, -0.2) is 47.0 Å². The van der Waals surface area contributed by atoms with Crippen LogP contribution in [0.2, 0.25) is 0 Å². The lowest BCUT2D eigenvalue weighted by Gasteiger charge is -2.23. The molecule has 9 heteroatoms. The second kappa shape index (κ2) is 8.19. The normalized spacial score (nSPS) is 19.6. The fourth-order valence-corrected chi connectivity index (χ4v) is 3.17. The number of amides is 3. The first-order chi connectivity index (χ1) is 14.1. The van der Waals surface area contributed by atoms with Crippen molar-refractivity contribution in [1.82, 2.24) is 10.2 Å². The molecule has 2 atom stereocenters. The number of hydrogen-bond acceptors (Lipinski definition) is 5. The number of Topliss-reactive ketones (excluding diaryl/α,β-unsaturated/α-hetero) is 1. The summed E-state index contributed by atoms with van der Waals surface area (Å²) in [5, 5.41) is 12.6. The molecule has 1 saturated heterocycles. The molecule has 7 nitrogen and oxygen atoms in total. The van der Waals surface area contributed by atoms with Crippen molar-refractivity contribution >= 4 is 17.7 Å². The number of benzene rings is 2. The number of aliphatic hydroxyl groups excluding tert-OH is 1. The van der Waals surface area contributed by atoms with Gasteiger partial charge in [-0.1, -0.05) is 0 Å². The summed E-state index contributed by atoms with van der Waals surface area (Å²) < 4.78 is 33.1. The summed E-state index contributed by atoms with van der Waals surface area (Å²) in [4.78, 5) is 37.1. The predicted molar refractivity (Wildman–Crippen MR) is 102 cm³/mol. The molecule has 2 aromatic carbocycles. The van der Waals surface area contributed by atoms with E-state index in [1.54, 1.807) is 24.3 Å². The van der Waals surface area contributed by atoms with Gasteiger partial charge in [0.2, 0.25) is 0 Å². The number of carbonyl (C=O) groups excluding carboxylic acids is 3. The fourth-order valence-electron chi connectivity index (χ4n) is 3.17. The summed E-state index contributed by atoms with van der Waals surface area (Å²) in [7, 11) is 0. The highest BCUT2D eigenvalue weighted by atomic mass is 19.1. The lowest BCUT2D eigenvalue weighted by atomic mass is 9.91. The number of halogens is 2. The van der Waals surface area contributed by atoms with Crippen LogP contribution in [0.25, 0.3) is 0 Å². The number of ketones is 1. The minimum absolute atomic E-state index is 0.0991. The molecule has 0 unspecified atom stereocenters. The zero-order valence-corrected chi connectivity index (χ0v) is 16.3. The fraction of sp³-hybridized carbons (Fsp3) is 0.286. The summed E-state index contributed by atoms with van der Waals surface area (Å²) in [6, 6.07) is 8.05. The van der Waals surface area contributed by atoms with Crippen molar-refractivity contribution in [2.24, 2.45) is 0 Å². The van der Waals surface area contributed by atoms with Gasteiger partial charge in [0.15, 0.2) is 5.78 Å². The van der Waals surface area contributed by atoms with Gasteiger partial charge in [-0.3, -0.25) is 14.5 Å². The lowest BCUT2D eigenvalue weighted by molar-refractivity contribution is -0.132. The van der Waals surface area contributed by atoms with Gasteiger partial charge in [0.05, 0.1) is 6.54 Å². The summed E-state index contributed by atoms with van der Waals surface area (Å²) >= 11 is 0. The Bertz CT molecular complexity index is 995. The van der Waals surface area contributed by atoms with Gasteiger partial charge in [-0.05, 0) is 56.3 Å². The van der Waals surface area contributed by atoms with Gasteiger partial charge >= 0.3 is 6.03 Å². The molecule has 0 bridgehead atoms. The van der Waals surface area contributed by atoms with E-state index in [2.05, 4.69) is 5.32 Å². The minimum atomic E-state index is -1.80. The third-order valence-electron chi connectivity index (χ3n) is 4.84. The van der Waals surface area contributed by atoms with Crippen LogP contribution in [0.5, 0.6) is 5.75 Å². The number of hydrogen-bond donors (Lipinski definition) is 2. The van der Waals surface area contributed by atoms with Crippen LogP contribution < -0.4 is 10.1 Å². The molecule has 158 valence electrons. The topological polar surface area (TPSA) is 95.9 Å². The van der Waals surface area contributed by atoms with Crippen LogP contribution in [0, 0.1) is 11.6 Å². The van der Waals surface area contributed by atoms with Crippen LogP contribution in [0.3, 0.4) is 0 Å². The average molecular weight is 418 g/mol. The molecule has 0 aliphatic carbocycles. The predicted octanol–water partition coefficient (Wildman–Crippen LogP) is 2.37. The molecule has 2 aromatic rings. The number of ether oxygens (including phenoxy) is 1.